The number of benzene rings is 1. The highest BCUT2D eigenvalue weighted by molar-refractivity contribution is 5.97. The van der Waals surface area contributed by atoms with E-state index in [1.54, 1.807) is 18.4 Å². The molecule has 0 saturated carbocycles. The fraction of sp³-hybridized carbons (Fsp3) is 0.125. The van der Waals surface area contributed by atoms with Crippen LogP contribution in [0.1, 0.15) is 21.8 Å². The van der Waals surface area contributed by atoms with Gasteiger partial charge in [-0.1, -0.05) is 24.3 Å². The SMILES string of the molecule is Cc1ccccc1-c1ocnc1C(=O)NCc1ccco1. The summed E-state index contributed by atoms with van der Waals surface area (Å²) in [7, 11) is 0. The van der Waals surface area contributed by atoms with Gasteiger partial charge >= 0.3 is 0 Å². The monoisotopic (exact) mass is 282 g/mol. The maximum Gasteiger partial charge on any atom is 0.274 e. The fourth-order valence-electron chi connectivity index (χ4n) is 2.09. The van der Waals surface area contributed by atoms with Crippen LogP contribution in [0.5, 0.6) is 0 Å². The van der Waals surface area contributed by atoms with Crippen molar-refractivity contribution in [1.29, 1.82) is 0 Å². The second kappa shape index (κ2) is 5.66. The van der Waals surface area contributed by atoms with Crippen LogP contribution in [0.3, 0.4) is 0 Å². The van der Waals surface area contributed by atoms with E-state index in [1.807, 2.05) is 31.2 Å². The van der Waals surface area contributed by atoms with Crippen molar-refractivity contribution in [3.8, 4) is 11.3 Å². The van der Waals surface area contributed by atoms with Crippen molar-refractivity contribution < 1.29 is 13.6 Å². The first-order valence-corrected chi connectivity index (χ1v) is 6.56. The number of aryl methyl sites for hydroxylation is 1. The molecule has 2 heterocycles. The van der Waals surface area contributed by atoms with Gasteiger partial charge in [0.15, 0.2) is 17.8 Å². The molecular weight excluding hydrogens is 268 g/mol. The molecule has 0 aliphatic carbocycles. The Morgan fingerprint density at radius 3 is 2.81 bits per heavy atom. The molecule has 0 atom stereocenters. The first kappa shape index (κ1) is 13.2. The molecule has 1 aromatic carbocycles. The number of furan rings is 1. The van der Waals surface area contributed by atoms with Gasteiger partial charge in [-0.3, -0.25) is 4.79 Å². The van der Waals surface area contributed by atoms with Crippen LogP contribution in [0.4, 0.5) is 0 Å². The minimum absolute atomic E-state index is 0.274. The molecule has 3 rings (SSSR count). The molecule has 1 N–H and O–H groups in total. The molecule has 0 aliphatic rings. The molecule has 0 bridgehead atoms. The second-order valence-electron chi connectivity index (χ2n) is 4.61. The summed E-state index contributed by atoms with van der Waals surface area (Å²) in [6.07, 6.45) is 2.85. The zero-order chi connectivity index (χ0) is 14.7. The highest BCUT2D eigenvalue weighted by Gasteiger charge is 2.19. The number of nitrogens with zero attached hydrogens (tertiary/aromatic N) is 1. The Balaban J connectivity index is 1.82. The van der Waals surface area contributed by atoms with E-state index >= 15 is 0 Å². The van der Waals surface area contributed by atoms with Crippen LogP contribution >= 0.6 is 0 Å². The number of nitrogens with one attached hydrogen (secondary N) is 1. The third kappa shape index (κ3) is 2.72. The van der Waals surface area contributed by atoms with E-state index in [9.17, 15) is 4.79 Å². The predicted octanol–water partition coefficient (Wildman–Crippen LogP) is 3.17. The predicted molar refractivity (Wildman–Crippen MR) is 76.6 cm³/mol. The fourth-order valence-corrected chi connectivity index (χ4v) is 2.09. The normalized spacial score (nSPS) is 10.5. The van der Waals surface area contributed by atoms with Gasteiger partial charge < -0.3 is 14.2 Å². The molecule has 3 aromatic rings. The molecular formula is C16H14N2O3. The zero-order valence-corrected chi connectivity index (χ0v) is 11.5. The maximum atomic E-state index is 12.2. The Morgan fingerprint density at radius 1 is 1.19 bits per heavy atom. The molecule has 106 valence electrons. The summed E-state index contributed by atoms with van der Waals surface area (Å²) >= 11 is 0. The molecule has 5 heteroatoms. The first-order valence-electron chi connectivity index (χ1n) is 6.56. The number of hydrogen-bond acceptors (Lipinski definition) is 4. The summed E-state index contributed by atoms with van der Waals surface area (Å²) in [6.45, 7) is 2.27. The molecule has 0 fully saturated rings. The number of oxazole rings is 1. The quantitative estimate of drug-likeness (QED) is 0.798. The lowest BCUT2D eigenvalue weighted by atomic mass is 10.1. The molecule has 1 amide bonds. The maximum absolute atomic E-state index is 12.2. The van der Waals surface area contributed by atoms with Gasteiger partial charge in [0.25, 0.3) is 5.91 Å². The molecule has 0 saturated heterocycles. The molecule has 0 aliphatic heterocycles. The number of rotatable bonds is 4. The Morgan fingerprint density at radius 2 is 2.05 bits per heavy atom. The van der Waals surface area contributed by atoms with E-state index in [0.29, 0.717) is 18.1 Å². The molecule has 0 spiro atoms. The number of hydrogen-bond donors (Lipinski definition) is 1. The average Bonchev–Trinajstić information content (AvgIpc) is 3.16. The van der Waals surface area contributed by atoms with Crippen molar-refractivity contribution in [3.63, 3.8) is 0 Å². The van der Waals surface area contributed by atoms with Crippen molar-refractivity contribution in [2.75, 3.05) is 0 Å². The van der Waals surface area contributed by atoms with E-state index < -0.39 is 0 Å². The van der Waals surface area contributed by atoms with Crippen LogP contribution in [0, 0.1) is 6.92 Å². The van der Waals surface area contributed by atoms with Gasteiger partial charge in [-0.25, -0.2) is 4.98 Å². The lowest BCUT2D eigenvalue weighted by Gasteiger charge is -2.05. The van der Waals surface area contributed by atoms with Crippen LogP contribution in [0.25, 0.3) is 11.3 Å². The number of aromatic nitrogens is 1. The summed E-state index contributed by atoms with van der Waals surface area (Å²) in [4.78, 5) is 16.3. The second-order valence-corrected chi connectivity index (χ2v) is 4.61. The van der Waals surface area contributed by atoms with E-state index in [2.05, 4.69) is 10.3 Å². The van der Waals surface area contributed by atoms with Gasteiger partial charge in [0.05, 0.1) is 12.8 Å². The standard InChI is InChI=1S/C16H14N2O3/c1-11-5-2-3-7-13(11)15-14(18-10-21-15)16(19)17-9-12-6-4-8-20-12/h2-8,10H,9H2,1H3,(H,17,19). The van der Waals surface area contributed by atoms with Crippen LogP contribution in [0.15, 0.2) is 57.9 Å². The molecule has 0 unspecified atom stereocenters. The molecule has 0 radical (unpaired) electrons. The van der Waals surface area contributed by atoms with Crippen molar-refractivity contribution >= 4 is 5.91 Å². The smallest absolute Gasteiger partial charge is 0.274 e. The van der Waals surface area contributed by atoms with Crippen molar-refractivity contribution in [3.05, 3.63) is 66.1 Å². The van der Waals surface area contributed by atoms with Crippen LogP contribution in [-0.2, 0) is 6.54 Å². The van der Waals surface area contributed by atoms with E-state index in [4.69, 9.17) is 8.83 Å². The third-order valence-corrected chi connectivity index (χ3v) is 3.18. The summed E-state index contributed by atoms with van der Waals surface area (Å²) < 4.78 is 10.6. The largest absolute Gasteiger partial charge is 0.467 e. The summed E-state index contributed by atoms with van der Waals surface area (Å²) in [5.41, 5.74) is 2.16. The van der Waals surface area contributed by atoms with E-state index in [1.165, 1.54) is 6.39 Å². The van der Waals surface area contributed by atoms with Crippen LogP contribution in [0.2, 0.25) is 0 Å². The van der Waals surface area contributed by atoms with Crippen molar-refractivity contribution in [2.45, 2.75) is 13.5 Å². The third-order valence-electron chi connectivity index (χ3n) is 3.18. The van der Waals surface area contributed by atoms with E-state index in [0.717, 1.165) is 11.1 Å². The number of amides is 1. The van der Waals surface area contributed by atoms with Gasteiger partial charge in [0.1, 0.15) is 5.76 Å². The van der Waals surface area contributed by atoms with Crippen molar-refractivity contribution in [1.82, 2.24) is 10.3 Å². The highest BCUT2D eigenvalue weighted by Crippen LogP contribution is 2.26. The van der Waals surface area contributed by atoms with Crippen molar-refractivity contribution in [2.24, 2.45) is 0 Å². The summed E-state index contributed by atoms with van der Waals surface area (Å²) in [6, 6.07) is 11.3. The lowest BCUT2D eigenvalue weighted by Crippen LogP contribution is -2.23. The zero-order valence-electron chi connectivity index (χ0n) is 11.5. The average molecular weight is 282 g/mol. The van der Waals surface area contributed by atoms with Crippen LogP contribution < -0.4 is 5.32 Å². The topological polar surface area (TPSA) is 68.3 Å². The van der Waals surface area contributed by atoms with E-state index in [-0.39, 0.29) is 11.6 Å². The number of carbonyl (C=O) groups is 1. The Bertz CT molecular complexity index is 744. The van der Waals surface area contributed by atoms with Gasteiger partial charge in [-0.05, 0) is 24.6 Å². The minimum Gasteiger partial charge on any atom is -0.467 e. The molecule has 21 heavy (non-hydrogen) atoms. The van der Waals surface area contributed by atoms with Gasteiger partial charge in [0.2, 0.25) is 0 Å². The Kier molecular flexibility index (Phi) is 3.55. The van der Waals surface area contributed by atoms with Crippen LogP contribution in [-0.4, -0.2) is 10.9 Å². The first-order chi connectivity index (χ1) is 10.3. The Hall–Kier alpha value is -2.82. The molecule has 2 aromatic heterocycles. The minimum atomic E-state index is -0.293. The van der Waals surface area contributed by atoms with Gasteiger partial charge in [-0.2, -0.15) is 0 Å². The summed E-state index contributed by atoms with van der Waals surface area (Å²) in [5.74, 6) is 0.868. The molecule has 5 nitrogen and oxygen atoms in total. The Labute approximate surface area is 121 Å². The highest BCUT2D eigenvalue weighted by atomic mass is 16.3. The van der Waals surface area contributed by atoms with Gasteiger partial charge in [0, 0.05) is 5.56 Å². The lowest BCUT2D eigenvalue weighted by molar-refractivity contribution is 0.0944. The summed E-state index contributed by atoms with van der Waals surface area (Å²) in [5, 5.41) is 2.76. The van der Waals surface area contributed by atoms with Gasteiger partial charge in [-0.15, -0.1) is 0 Å². The number of carbonyl (C=O) groups excluding carboxylic acids is 1.